The molecule has 1 aromatic carbocycles. The van der Waals surface area contributed by atoms with Crippen LogP contribution >= 0.6 is 11.8 Å². The molecule has 0 heterocycles. The van der Waals surface area contributed by atoms with E-state index in [-0.39, 0.29) is 22.9 Å². The number of carboxylic acids is 2. The van der Waals surface area contributed by atoms with Gasteiger partial charge in [-0.05, 0) is 35.6 Å². The van der Waals surface area contributed by atoms with E-state index in [1.807, 2.05) is 0 Å². The van der Waals surface area contributed by atoms with Crippen LogP contribution in [0.1, 0.15) is 45.4 Å². The number of carboxylic acid groups (broad SMARTS) is 2. The maximum atomic E-state index is 11.5. The molecule has 4 N–H and O–H groups in total. The highest BCUT2D eigenvalue weighted by Crippen LogP contribution is 2.34. The van der Waals surface area contributed by atoms with Gasteiger partial charge < -0.3 is 15.9 Å². The van der Waals surface area contributed by atoms with Gasteiger partial charge in [-0.15, -0.1) is 0 Å². The molecule has 0 aliphatic rings. The van der Waals surface area contributed by atoms with Crippen LogP contribution in [0, 0.1) is 0 Å². The van der Waals surface area contributed by atoms with Crippen molar-refractivity contribution in [2.75, 3.05) is 12.3 Å². The van der Waals surface area contributed by atoms with Gasteiger partial charge in [-0.2, -0.15) is 11.8 Å². The maximum absolute atomic E-state index is 11.5. The van der Waals surface area contributed by atoms with E-state index < -0.39 is 20.0 Å². The van der Waals surface area contributed by atoms with Crippen molar-refractivity contribution in [3.05, 3.63) is 34.9 Å². The zero-order valence-corrected chi connectivity index (χ0v) is 16.5. The molecule has 0 bridgehead atoms. The highest BCUT2D eigenvalue weighted by molar-refractivity contribution is 7.99. The van der Waals surface area contributed by atoms with Crippen LogP contribution in [-0.2, 0) is 0 Å². The lowest BCUT2D eigenvalue weighted by molar-refractivity contribution is 0.0680. The lowest BCUT2D eigenvalue weighted by Crippen LogP contribution is -2.30. The Morgan fingerprint density at radius 2 is 1.83 bits per heavy atom. The number of hydrogen-bond acceptors (Lipinski definition) is 4. The maximum Gasteiger partial charge on any atom is 0.336 e. The molecular weight excluding hydrogens is 342 g/mol. The number of carbonyl (C=O) groups is 2. The first kappa shape index (κ1) is 20.7. The van der Waals surface area contributed by atoms with Gasteiger partial charge in [0.2, 0.25) is 0 Å². The summed E-state index contributed by atoms with van der Waals surface area (Å²) in [5, 5.41) is 18.3. The standard InChI is InChI=1S/C17H27NO4SSi/c1-11(2)24(3,4)8-7-23-15(10-18)14-9-12(16(19)20)5-6-13(14)17(21)22/h5-6,9,11,15H,7-8,10,18H2,1-4H3,(H,19,20)(H,21,22). The number of thioether (sulfide) groups is 1. The summed E-state index contributed by atoms with van der Waals surface area (Å²) >= 11 is 1.62. The highest BCUT2D eigenvalue weighted by Gasteiger charge is 2.26. The minimum absolute atomic E-state index is 0.0888. The molecule has 0 amide bonds. The van der Waals surface area contributed by atoms with E-state index in [1.165, 1.54) is 18.2 Å². The van der Waals surface area contributed by atoms with Gasteiger partial charge in [-0.1, -0.05) is 32.5 Å². The Hall–Kier alpha value is -1.31. The molecule has 0 fully saturated rings. The van der Waals surface area contributed by atoms with E-state index in [0.717, 1.165) is 11.8 Å². The average Bonchev–Trinajstić information content (AvgIpc) is 2.50. The fourth-order valence-electron chi connectivity index (χ4n) is 2.19. The Morgan fingerprint density at radius 3 is 2.29 bits per heavy atom. The second-order valence-corrected chi connectivity index (χ2v) is 13.8. The third-order valence-electron chi connectivity index (χ3n) is 4.72. The Bertz CT molecular complexity index is 604. The van der Waals surface area contributed by atoms with Crippen LogP contribution < -0.4 is 5.73 Å². The third kappa shape index (κ3) is 5.36. The molecule has 0 aliphatic heterocycles. The van der Waals surface area contributed by atoms with Crippen LogP contribution in [0.4, 0.5) is 0 Å². The van der Waals surface area contributed by atoms with Crippen LogP contribution in [0.15, 0.2) is 18.2 Å². The van der Waals surface area contributed by atoms with Gasteiger partial charge in [0.1, 0.15) is 0 Å². The van der Waals surface area contributed by atoms with Gasteiger partial charge >= 0.3 is 11.9 Å². The molecule has 0 aliphatic carbocycles. The van der Waals surface area contributed by atoms with E-state index in [1.54, 1.807) is 11.8 Å². The predicted molar refractivity (Wildman–Crippen MR) is 102 cm³/mol. The van der Waals surface area contributed by atoms with E-state index in [2.05, 4.69) is 26.9 Å². The van der Waals surface area contributed by atoms with Crippen molar-refractivity contribution in [2.24, 2.45) is 5.73 Å². The van der Waals surface area contributed by atoms with Crippen molar-refractivity contribution in [3.63, 3.8) is 0 Å². The second kappa shape index (κ2) is 8.69. The van der Waals surface area contributed by atoms with Crippen molar-refractivity contribution in [3.8, 4) is 0 Å². The fraction of sp³-hybridized carbons (Fsp3) is 0.529. The Kier molecular flexibility index (Phi) is 7.50. The molecule has 0 spiro atoms. The van der Waals surface area contributed by atoms with Gasteiger partial charge in [-0.3, -0.25) is 0 Å². The zero-order chi connectivity index (χ0) is 18.5. The molecular formula is C17H27NO4SSi. The van der Waals surface area contributed by atoms with Crippen LogP contribution in [0.5, 0.6) is 0 Å². The summed E-state index contributed by atoms with van der Waals surface area (Å²) in [5.41, 5.74) is 7.26. The monoisotopic (exact) mass is 369 g/mol. The van der Waals surface area contributed by atoms with Crippen molar-refractivity contribution in [2.45, 2.75) is 43.8 Å². The molecule has 134 valence electrons. The summed E-state index contributed by atoms with van der Waals surface area (Å²) < 4.78 is 0. The van der Waals surface area contributed by atoms with Crippen molar-refractivity contribution >= 4 is 31.8 Å². The normalized spacial score (nSPS) is 13.1. The lowest BCUT2D eigenvalue weighted by atomic mass is 10.0. The van der Waals surface area contributed by atoms with E-state index in [0.29, 0.717) is 11.1 Å². The minimum atomic E-state index is -1.30. The SMILES string of the molecule is CC(C)[Si](C)(C)CCSC(CN)c1cc(C(=O)O)ccc1C(=O)O. The Balaban J connectivity index is 3.00. The molecule has 1 aromatic rings. The second-order valence-electron chi connectivity index (χ2n) is 6.90. The predicted octanol–water partition coefficient (Wildman–Crippen LogP) is 3.93. The summed E-state index contributed by atoms with van der Waals surface area (Å²) in [6, 6.07) is 5.24. The first-order chi connectivity index (χ1) is 11.1. The summed E-state index contributed by atoms with van der Waals surface area (Å²) in [5.74, 6) is -1.23. The molecule has 0 saturated heterocycles. The molecule has 5 nitrogen and oxygen atoms in total. The first-order valence-corrected chi connectivity index (χ1v) is 12.4. The van der Waals surface area contributed by atoms with Crippen LogP contribution in [-0.4, -0.2) is 42.5 Å². The molecule has 0 radical (unpaired) electrons. The van der Waals surface area contributed by atoms with E-state index in [9.17, 15) is 14.7 Å². The van der Waals surface area contributed by atoms with Crippen molar-refractivity contribution < 1.29 is 19.8 Å². The minimum Gasteiger partial charge on any atom is -0.478 e. The number of benzene rings is 1. The number of aromatic carboxylic acids is 2. The van der Waals surface area contributed by atoms with Gasteiger partial charge in [-0.25, -0.2) is 9.59 Å². The zero-order valence-electron chi connectivity index (χ0n) is 14.7. The molecule has 1 atom stereocenters. The summed E-state index contributed by atoms with van der Waals surface area (Å²) in [4.78, 5) is 22.6. The van der Waals surface area contributed by atoms with Crippen LogP contribution in [0.3, 0.4) is 0 Å². The van der Waals surface area contributed by atoms with Crippen molar-refractivity contribution in [1.29, 1.82) is 0 Å². The van der Waals surface area contributed by atoms with Gasteiger partial charge in [0.15, 0.2) is 0 Å². The fourth-order valence-corrected chi connectivity index (χ4v) is 6.14. The van der Waals surface area contributed by atoms with Crippen molar-refractivity contribution in [1.82, 2.24) is 0 Å². The summed E-state index contributed by atoms with van der Waals surface area (Å²) in [6.07, 6.45) is 0. The highest BCUT2D eigenvalue weighted by atomic mass is 32.2. The Labute approximate surface area is 148 Å². The lowest BCUT2D eigenvalue weighted by Gasteiger charge is -2.27. The molecule has 0 saturated carbocycles. The molecule has 24 heavy (non-hydrogen) atoms. The molecule has 1 rings (SSSR count). The number of nitrogens with two attached hydrogens (primary N) is 1. The topological polar surface area (TPSA) is 101 Å². The Morgan fingerprint density at radius 1 is 1.21 bits per heavy atom. The average molecular weight is 370 g/mol. The smallest absolute Gasteiger partial charge is 0.336 e. The molecule has 0 aromatic heterocycles. The van der Waals surface area contributed by atoms with Gasteiger partial charge in [0.25, 0.3) is 0 Å². The molecule has 1 unspecified atom stereocenters. The summed E-state index contributed by atoms with van der Waals surface area (Å²) in [7, 11) is -1.30. The quantitative estimate of drug-likeness (QED) is 0.570. The van der Waals surface area contributed by atoms with E-state index in [4.69, 9.17) is 10.8 Å². The van der Waals surface area contributed by atoms with Gasteiger partial charge in [0.05, 0.1) is 19.2 Å². The summed E-state index contributed by atoms with van der Waals surface area (Å²) in [6.45, 7) is 9.47. The molecule has 7 heteroatoms. The number of hydrogen-bond donors (Lipinski definition) is 3. The first-order valence-electron chi connectivity index (χ1n) is 8.02. The largest absolute Gasteiger partial charge is 0.478 e. The number of rotatable bonds is 9. The van der Waals surface area contributed by atoms with E-state index >= 15 is 0 Å². The van der Waals surface area contributed by atoms with Crippen LogP contribution in [0.2, 0.25) is 24.7 Å². The van der Waals surface area contributed by atoms with Crippen LogP contribution in [0.25, 0.3) is 0 Å². The third-order valence-corrected chi connectivity index (χ3v) is 11.0. The van der Waals surface area contributed by atoms with Gasteiger partial charge in [0, 0.05) is 11.8 Å².